The average Bonchev–Trinajstić information content (AvgIpc) is 3.14. The van der Waals surface area contributed by atoms with Gasteiger partial charge in [0, 0.05) is 23.1 Å². The Balaban J connectivity index is 0.00000124. The van der Waals surface area contributed by atoms with Gasteiger partial charge >= 0.3 is 0 Å². The smallest absolute Gasteiger partial charge is 0.168 e. The number of fused-ring (bicyclic) bond motifs is 1. The molecule has 0 fully saturated rings. The molecule has 4 rings (SSSR count). The quantitative estimate of drug-likeness (QED) is 0.455. The summed E-state index contributed by atoms with van der Waals surface area (Å²) in [6.45, 7) is 14.2. The fourth-order valence-electron chi connectivity index (χ4n) is 3.67. The molecule has 2 N–H and O–H groups in total. The van der Waals surface area contributed by atoms with E-state index in [-0.39, 0.29) is 0 Å². The third-order valence-electron chi connectivity index (χ3n) is 5.20. The zero-order valence-corrected chi connectivity index (χ0v) is 18.5. The third kappa shape index (κ3) is 3.99. The van der Waals surface area contributed by atoms with Crippen LogP contribution in [0.25, 0.3) is 27.8 Å². The summed E-state index contributed by atoms with van der Waals surface area (Å²) in [7, 11) is 0. The topological polar surface area (TPSA) is 56.7 Å². The van der Waals surface area contributed by atoms with Gasteiger partial charge in [-0.15, -0.1) is 10.2 Å². The minimum Gasteiger partial charge on any atom is -0.402 e. The van der Waals surface area contributed by atoms with Crippen molar-refractivity contribution in [2.45, 2.75) is 41.0 Å². The summed E-state index contributed by atoms with van der Waals surface area (Å²) in [6.07, 6.45) is 0.472. The summed E-state index contributed by atoms with van der Waals surface area (Å²) in [5.41, 5.74) is 12.3. The van der Waals surface area contributed by atoms with Crippen LogP contribution in [0, 0.1) is 20.8 Å². The van der Waals surface area contributed by atoms with Crippen molar-refractivity contribution >= 4 is 10.8 Å². The number of rotatable bonds is 4. The summed E-state index contributed by atoms with van der Waals surface area (Å²) in [6, 6.07) is 19.0. The number of nitrogens with two attached hydrogens (primary N) is 1. The van der Waals surface area contributed by atoms with E-state index in [0.29, 0.717) is 12.1 Å². The highest BCUT2D eigenvalue weighted by Crippen LogP contribution is 2.31. The molecule has 1 aromatic heterocycles. The Kier molecular flexibility index (Phi) is 6.36. The lowest BCUT2D eigenvalue weighted by Gasteiger charge is -2.15. The number of hydrogen-bond donors (Lipinski definition) is 1. The minimum atomic E-state index is 0.472. The van der Waals surface area contributed by atoms with E-state index in [4.69, 9.17) is 5.73 Å². The molecule has 0 spiro atoms. The number of aryl methyl sites for hydroxylation is 3. The monoisotopic (exact) mass is 398 g/mol. The van der Waals surface area contributed by atoms with Crippen LogP contribution in [0.2, 0.25) is 0 Å². The van der Waals surface area contributed by atoms with E-state index in [1.54, 1.807) is 0 Å². The fraction of sp³-hybridized carbons (Fsp3) is 0.231. The molecule has 0 saturated carbocycles. The van der Waals surface area contributed by atoms with Crippen molar-refractivity contribution in [2.75, 3.05) is 0 Å². The van der Waals surface area contributed by atoms with Gasteiger partial charge in [-0.25, -0.2) is 0 Å². The molecule has 0 bridgehead atoms. The second kappa shape index (κ2) is 8.95. The van der Waals surface area contributed by atoms with Crippen LogP contribution in [0.1, 0.15) is 36.4 Å². The van der Waals surface area contributed by atoms with Gasteiger partial charge in [-0.05, 0) is 55.0 Å². The van der Waals surface area contributed by atoms with Crippen molar-refractivity contribution < 1.29 is 0 Å². The van der Waals surface area contributed by atoms with Gasteiger partial charge in [-0.1, -0.05) is 62.9 Å². The largest absolute Gasteiger partial charge is 0.402 e. The molecule has 0 saturated heterocycles. The molecule has 0 aliphatic rings. The summed E-state index contributed by atoms with van der Waals surface area (Å²) in [5.74, 6) is 1.62. The Hall–Kier alpha value is -3.40. The van der Waals surface area contributed by atoms with Gasteiger partial charge in [0.25, 0.3) is 0 Å². The lowest BCUT2D eigenvalue weighted by Crippen LogP contribution is -2.08. The minimum absolute atomic E-state index is 0.472. The first kappa shape index (κ1) is 21.3. The Bertz CT molecular complexity index is 1200. The van der Waals surface area contributed by atoms with E-state index in [1.807, 2.05) is 13.8 Å². The second-order valence-corrected chi connectivity index (χ2v) is 7.36. The molecule has 3 aromatic carbocycles. The number of allylic oxidation sites excluding steroid dienone is 1. The number of hydrogen-bond acceptors (Lipinski definition) is 3. The predicted molar refractivity (Wildman–Crippen MR) is 127 cm³/mol. The Morgan fingerprint density at radius 2 is 1.57 bits per heavy atom. The number of benzene rings is 3. The first-order chi connectivity index (χ1) is 14.5. The average molecular weight is 399 g/mol. The maximum atomic E-state index is 5.93. The Morgan fingerprint density at radius 1 is 0.900 bits per heavy atom. The summed E-state index contributed by atoms with van der Waals surface area (Å²) in [4.78, 5) is 0. The van der Waals surface area contributed by atoms with E-state index in [9.17, 15) is 0 Å². The zero-order valence-electron chi connectivity index (χ0n) is 18.5. The van der Waals surface area contributed by atoms with Crippen LogP contribution in [0.3, 0.4) is 0 Å². The molecule has 0 radical (unpaired) electrons. The van der Waals surface area contributed by atoms with Crippen LogP contribution in [0.5, 0.6) is 0 Å². The normalized spacial score (nSPS) is 10.6. The van der Waals surface area contributed by atoms with Gasteiger partial charge in [-0.2, -0.15) is 0 Å². The van der Waals surface area contributed by atoms with Crippen molar-refractivity contribution in [3.8, 4) is 17.1 Å². The van der Waals surface area contributed by atoms with Crippen molar-refractivity contribution in [3.63, 3.8) is 0 Å². The molecule has 4 nitrogen and oxygen atoms in total. The molecule has 0 amide bonds. The zero-order chi connectivity index (χ0) is 21.8. The summed E-state index contributed by atoms with van der Waals surface area (Å²) < 4.78 is 2.12. The van der Waals surface area contributed by atoms with Crippen LogP contribution in [0.4, 0.5) is 0 Å². The van der Waals surface area contributed by atoms with Gasteiger partial charge in [0.1, 0.15) is 5.82 Å². The van der Waals surface area contributed by atoms with Gasteiger partial charge in [0.2, 0.25) is 0 Å². The van der Waals surface area contributed by atoms with E-state index in [1.165, 1.54) is 22.1 Å². The molecule has 30 heavy (non-hydrogen) atoms. The Labute approximate surface area is 179 Å². The van der Waals surface area contributed by atoms with Crippen LogP contribution in [-0.2, 0) is 6.42 Å². The maximum absolute atomic E-state index is 5.93. The number of aromatic nitrogens is 3. The van der Waals surface area contributed by atoms with Gasteiger partial charge < -0.3 is 5.73 Å². The van der Waals surface area contributed by atoms with E-state index in [0.717, 1.165) is 28.3 Å². The Morgan fingerprint density at radius 3 is 2.30 bits per heavy atom. The highest BCUT2D eigenvalue weighted by atomic mass is 15.3. The molecule has 0 aliphatic carbocycles. The molecule has 0 atom stereocenters. The first-order valence-electron chi connectivity index (χ1n) is 10.4. The first-order valence-corrected chi connectivity index (χ1v) is 10.4. The van der Waals surface area contributed by atoms with Crippen molar-refractivity contribution in [1.82, 2.24) is 14.8 Å². The SMILES string of the molecule is C=C(N)Cc1nnc(-c2cc(C)c(C)cc2C)n1-c1cccc2ccccc12.CC. The van der Waals surface area contributed by atoms with Gasteiger partial charge in [0.05, 0.1) is 5.69 Å². The molecular weight excluding hydrogens is 368 g/mol. The summed E-state index contributed by atoms with van der Waals surface area (Å²) >= 11 is 0. The predicted octanol–water partition coefficient (Wildman–Crippen LogP) is 6.05. The lowest BCUT2D eigenvalue weighted by molar-refractivity contribution is 0.895. The molecule has 0 aliphatic heterocycles. The molecule has 4 aromatic rings. The summed E-state index contributed by atoms with van der Waals surface area (Å²) in [5, 5.41) is 11.4. The number of nitrogens with zero attached hydrogens (tertiary/aromatic N) is 3. The van der Waals surface area contributed by atoms with E-state index in [2.05, 4.69) is 96.7 Å². The highest BCUT2D eigenvalue weighted by Gasteiger charge is 2.19. The second-order valence-electron chi connectivity index (χ2n) is 7.36. The van der Waals surface area contributed by atoms with Crippen LogP contribution >= 0.6 is 0 Å². The highest BCUT2D eigenvalue weighted by molar-refractivity contribution is 5.91. The molecule has 0 unspecified atom stereocenters. The maximum Gasteiger partial charge on any atom is 0.168 e. The molecule has 4 heteroatoms. The van der Waals surface area contributed by atoms with Crippen LogP contribution < -0.4 is 5.73 Å². The fourth-order valence-corrected chi connectivity index (χ4v) is 3.67. The van der Waals surface area contributed by atoms with E-state index >= 15 is 0 Å². The van der Waals surface area contributed by atoms with Crippen molar-refractivity contribution in [1.29, 1.82) is 0 Å². The van der Waals surface area contributed by atoms with Crippen molar-refractivity contribution in [3.05, 3.63) is 89.4 Å². The van der Waals surface area contributed by atoms with Crippen LogP contribution in [-0.4, -0.2) is 14.8 Å². The lowest BCUT2D eigenvalue weighted by atomic mass is 10.00. The molecular formula is C26H30N4. The van der Waals surface area contributed by atoms with Crippen molar-refractivity contribution in [2.24, 2.45) is 5.73 Å². The third-order valence-corrected chi connectivity index (χ3v) is 5.20. The van der Waals surface area contributed by atoms with E-state index < -0.39 is 0 Å². The standard InChI is InChI=1S/C24H24N4.C2H6/c1-15-12-17(3)21(13-16(15)2)24-27-26-23(14-18(4)25)28(24)22-11-7-9-19-8-5-6-10-20(19)22;1-2/h5-13H,4,14,25H2,1-3H3;1-2H3. The molecule has 1 heterocycles. The molecule has 154 valence electrons. The van der Waals surface area contributed by atoms with Gasteiger partial charge in [-0.3, -0.25) is 4.57 Å². The van der Waals surface area contributed by atoms with Gasteiger partial charge in [0.15, 0.2) is 5.82 Å². The van der Waals surface area contributed by atoms with Crippen LogP contribution in [0.15, 0.2) is 66.9 Å².